The molecule has 0 aliphatic heterocycles. The summed E-state index contributed by atoms with van der Waals surface area (Å²) >= 11 is 0. The first-order chi connectivity index (χ1) is 27.2. The van der Waals surface area contributed by atoms with Gasteiger partial charge in [-0.15, -0.1) is 0 Å². The predicted octanol–water partition coefficient (Wildman–Crippen LogP) is 15.2. The summed E-state index contributed by atoms with van der Waals surface area (Å²) in [5.74, 6) is 3.36. The van der Waals surface area contributed by atoms with Crippen LogP contribution in [0.15, 0.2) is 103 Å². The average molecular weight is 750 g/mol. The van der Waals surface area contributed by atoms with Crippen LogP contribution in [0, 0.1) is 23.7 Å². The molecule has 4 fully saturated rings. The Bertz CT molecular complexity index is 2410. The van der Waals surface area contributed by atoms with E-state index in [9.17, 15) is 0 Å². The van der Waals surface area contributed by atoms with Gasteiger partial charge in [-0.1, -0.05) is 122 Å². The molecule has 1 nitrogen and oxygen atoms in total. The van der Waals surface area contributed by atoms with E-state index in [1.807, 2.05) is 0 Å². The lowest BCUT2D eigenvalue weighted by Gasteiger charge is -2.61. The minimum absolute atomic E-state index is 0.134. The highest BCUT2D eigenvalue weighted by Crippen LogP contribution is 2.69. The molecule has 0 amide bonds. The number of nitrogens with zero attached hydrogens (tertiary/aromatic N) is 1. The lowest BCUT2D eigenvalue weighted by Crippen LogP contribution is -2.55. The molecule has 7 aliphatic rings. The van der Waals surface area contributed by atoms with Crippen molar-refractivity contribution in [2.75, 3.05) is 4.90 Å². The Kier molecular flexibility index (Phi) is 7.58. The third kappa shape index (κ3) is 5.18. The van der Waals surface area contributed by atoms with Crippen LogP contribution < -0.4 is 4.90 Å². The minimum atomic E-state index is 0.134. The Balaban J connectivity index is 1.07. The molecule has 12 rings (SSSR count). The molecule has 57 heavy (non-hydrogen) atoms. The fraction of sp³-hybridized carbons (Fsp3) is 0.464. The van der Waals surface area contributed by atoms with Gasteiger partial charge >= 0.3 is 0 Å². The monoisotopic (exact) mass is 749 g/mol. The fourth-order valence-electron chi connectivity index (χ4n) is 14.0. The highest BCUT2D eigenvalue weighted by Gasteiger charge is 2.61. The van der Waals surface area contributed by atoms with E-state index in [0.29, 0.717) is 0 Å². The first kappa shape index (κ1) is 36.0. The van der Waals surface area contributed by atoms with E-state index >= 15 is 0 Å². The van der Waals surface area contributed by atoms with Crippen LogP contribution in [0.5, 0.6) is 0 Å². The van der Waals surface area contributed by atoms with Crippen molar-refractivity contribution in [3.8, 4) is 22.3 Å². The van der Waals surface area contributed by atoms with Crippen molar-refractivity contribution in [1.29, 1.82) is 0 Å². The predicted molar refractivity (Wildman–Crippen MR) is 240 cm³/mol. The molecule has 0 saturated heterocycles. The second-order valence-electron chi connectivity index (χ2n) is 22.4. The van der Waals surface area contributed by atoms with Crippen molar-refractivity contribution >= 4 is 17.1 Å². The van der Waals surface area contributed by atoms with Crippen molar-refractivity contribution in [1.82, 2.24) is 0 Å². The van der Waals surface area contributed by atoms with Gasteiger partial charge in [0.2, 0.25) is 0 Å². The lowest BCUT2D eigenvalue weighted by molar-refractivity contribution is -0.0399. The first-order valence-corrected chi connectivity index (χ1v) is 22.6. The van der Waals surface area contributed by atoms with E-state index in [1.165, 1.54) is 119 Å². The van der Waals surface area contributed by atoms with Crippen LogP contribution in [0.3, 0.4) is 0 Å². The van der Waals surface area contributed by atoms with Crippen LogP contribution in [0.4, 0.5) is 17.1 Å². The molecule has 292 valence electrons. The van der Waals surface area contributed by atoms with Crippen molar-refractivity contribution < 1.29 is 0 Å². The summed E-state index contributed by atoms with van der Waals surface area (Å²) in [5.41, 5.74) is 19.6. The van der Waals surface area contributed by atoms with Crippen LogP contribution >= 0.6 is 0 Å². The van der Waals surface area contributed by atoms with Crippen LogP contribution in [-0.4, -0.2) is 0 Å². The van der Waals surface area contributed by atoms with Crippen LogP contribution in [0.1, 0.15) is 147 Å². The molecule has 0 radical (unpaired) electrons. The SMILES string of the molecule is CC1(C)CCC(C)(C)c2cc(-c3ccc(N(c4ccc5c(c4)C(C)(C)CCC5(C)C)c4ccc5c(c4)C4(c6ccccc6-5)C5CC6CC(C5)CC4C6)cc3)ccc21. The molecule has 7 aliphatic carbocycles. The molecule has 0 unspecified atom stereocenters. The molecule has 0 heterocycles. The van der Waals surface area contributed by atoms with E-state index < -0.39 is 0 Å². The summed E-state index contributed by atoms with van der Waals surface area (Å²) in [6.45, 7) is 19.6. The second kappa shape index (κ2) is 12.0. The molecular weight excluding hydrogens is 687 g/mol. The Morgan fingerprint density at radius 3 is 1.46 bits per heavy atom. The van der Waals surface area contributed by atoms with E-state index in [1.54, 1.807) is 11.1 Å². The third-order valence-electron chi connectivity index (χ3n) is 17.2. The lowest BCUT2D eigenvalue weighted by atomic mass is 9.43. The van der Waals surface area contributed by atoms with Crippen LogP contribution in [-0.2, 0) is 27.1 Å². The van der Waals surface area contributed by atoms with Gasteiger partial charge < -0.3 is 4.90 Å². The summed E-state index contributed by atoms with van der Waals surface area (Å²) in [5, 5.41) is 0. The van der Waals surface area contributed by atoms with Gasteiger partial charge in [0.05, 0.1) is 0 Å². The van der Waals surface area contributed by atoms with Gasteiger partial charge in [0.1, 0.15) is 0 Å². The minimum Gasteiger partial charge on any atom is -0.310 e. The number of anilines is 3. The number of benzene rings is 5. The smallest absolute Gasteiger partial charge is 0.0465 e. The molecular formula is C56H63N. The van der Waals surface area contributed by atoms with E-state index in [0.717, 1.165) is 23.7 Å². The molecule has 4 bridgehead atoms. The topological polar surface area (TPSA) is 3.24 Å². The number of hydrogen-bond donors (Lipinski definition) is 0. The highest BCUT2D eigenvalue weighted by atomic mass is 15.1. The maximum atomic E-state index is 2.67. The second-order valence-corrected chi connectivity index (χ2v) is 22.4. The van der Waals surface area contributed by atoms with Crippen molar-refractivity contribution in [3.05, 3.63) is 137 Å². The Morgan fingerprint density at radius 2 is 0.842 bits per heavy atom. The third-order valence-corrected chi connectivity index (χ3v) is 17.2. The zero-order valence-electron chi connectivity index (χ0n) is 35.9. The van der Waals surface area contributed by atoms with Gasteiger partial charge in [0.15, 0.2) is 0 Å². The fourth-order valence-corrected chi connectivity index (χ4v) is 14.0. The van der Waals surface area contributed by atoms with E-state index in [2.05, 4.69) is 163 Å². The van der Waals surface area contributed by atoms with Gasteiger partial charge in [-0.25, -0.2) is 0 Å². The Morgan fingerprint density at radius 1 is 0.386 bits per heavy atom. The summed E-state index contributed by atoms with van der Waals surface area (Å²) in [6, 6.07) is 41.6. The quantitative estimate of drug-likeness (QED) is 0.177. The summed E-state index contributed by atoms with van der Waals surface area (Å²) < 4.78 is 0. The molecule has 1 spiro atoms. The van der Waals surface area contributed by atoms with Gasteiger partial charge in [0, 0.05) is 22.5 Å². The summed E-state index contributed by atoms with van der Waals surface area (Å²) in [4.78, 5) is 2.60. The molecule has 0 N–H and O–H groups in total. The molecule has 0 atom stereocenters. The summed E-state index contributed by atoms with van der Waals surface area (Å²) in [7, 11) is 0. The van der Waals surface area contributed by atoms with Crippen LogP contribution in [0.25, 0.3) is 22.3 Å². The van der Waals surface area contributed by atoms with Crippen LogP contribution in [0.2, 0.25) is 0 Å². The average Bonchev–Trinajstić information content (AvgIpc) is 3.48. The zero-order chi connectivity index (χ0) is 39.3. The van der Waals surface area contributed by atoms with E-state index in [4.69, 9.17) is 0 Å². The van der Waals surface area contributed by atoms with Gasteiger partial charge in [-0.2, -0.15) is 0 Å². The molecule has 4 saturated carbocycles. The van der Waals surface area contributed by atoms with Gasteiger partial charge in [-0.3, -0.25) is 0 Å². The maximum Gasteiger partial charge on any atom is 0.0465 e. The van der Waals surface area contributed by atoms with Crippen molar-refractivity contribution in [2.24, 2.45) is 23.7 Å². The molecule has 5 aromatic carbocycles. The van der Waals surface area contributed by atoms with E-state index in [-0.39, 0.29) is 27.1 Å². The largest absolute Gasteiger partial charge is 0.310 e. The number of fused-ring (bicyclic) bond motifs is 5. The number of hydrogen-bond acceptors (Lipinski definition) is 1. The first-order valence-electron chi connectivity index (χ1n) is 22.6. The zero-order valence-corrected chi connectivity index (χ0v) is 35.9. The van der Waals surface area contributed by atoms with Gasteiger partial charge in [-0.05, 0) is 195 Å². The molecule has 5 aromatic rings. The van der Waals surface area contributed by atoms with Crippen molar-refractivity contribution in [3.63, 3.8) is 0 Å². The summed E-state index contributed by atoms with van der Waals surface area (Å²) in [6.07, 6.45) is 12.0. The highest BCUT2D eigenvalue weighted by molar-refractivity contribution is 5.87. The Hall–Kier alpha value is -4.10. The Labute approximate surface area is 343 Å². The normalized spacial score (nSPS) is 28.7. The van der Waals surface area contributed by atoms with Gasteiger partial charge in [0.25, 0.3) is 0 Å². The molecule has 0 aromatic heterocycles. The molecule has 1 heteroatoms. The number of rotatable bonds is 4. The standard InChI is InChI=1S/C56H63N/c1-52(2)23-25-54(5,6)50-32-38(15-21-47(50)52)37-13-16-41(17-14-37)57(43-19-22-48-51(34-43)55(7,8)26-24-53(48,3)4)42-18-20-45-44-11-9-10-12-46(44)56(49(45)33-42)39-28-35-27-36(30-39)31-40(56)29-35/h9-22,32-36,39-40H,23-31H2,1-8H3. The van der Waals surface area contributed by atoms with Crippen molar-refractivity contribution in [2.45, 2.75) is 140 Å². The maximum absolute atomic E-state index is 2.67.